The van der Waals surface area contributed by atoms with Crippen LogP contribution in [0.2, 0.25) is 0 Å². The lowest BCUT2D eigenvalue weighted by atomic mass is 10.2. The van der Waals surface area contributed by atoms with E-state index in [1.54, 1.807) is 11.8 Å². The van der Waals surface area contributed by atoms with Gasteiger partial charge in [-0.1, -0.05) is 49.0 Å². The summed E-state index contributed by atoms with van der Waals surface area (Å²) in [5, 5.41) is 6.71. The molecule has 12 heavy (non-hydrogen) atoms. The first-order chi connectivity index (χ1) is 5.83. The molecule has 1 nitrogen and oxygen atoms in total. The van der Waals surface area contributed by atoms with Crippen LogP contribution in [0.5, 0.6) is 0 Å². The van der Waals surface area contributed by atoms with E-state index in [0.29, 0.717) is 0 Å². The molecule has 0 aliphatic heterocycles. The highest BCUT2D eigenvalue weighted by molar-refractivity contribution is 8.12. The normalized spacial score (nSPS) is 9.75. The van der Waals surface area contributed by atoms with Gasteiger partial charge in [0.15, 0.2) is 0 Å². The summed E-state index contributed by atoms with van der Waals surface area (Å²) in [6.45, 7) is 2.08. The van der Waals surface area contributed by atoms with E-state index in [4.69, 9.17) is 5.41 Å². The number of rotatable bonds is 3. The predicted molar refractivity (Wildman–Crippen MR) is 55.0 cm³/mol. The zero-order valence-electron chi connectivity index (χ0n) is 7.29. The van der Waals surface area contributed by atoms with Crippen molar-refractivity contribution in [1.29, 1.82) is 0 Å². The van der Waals surface area contributed by atoms with Gasteiger partial charge in [-0.3, -0.25) is 5.41 Å². The lowest BCUT2D eigenvalue weighted by molar-refractivity contribution is -0.110. The smallest absolute Gasteiger partial charge is 0.207 e. The van der Waals surface area contributed by atoms with Gasteiger partial charge in [-0.25, -0.2) is 0 Å². The third-order valence-electron chi connectivity index (χ3n) is 1.62. The van der Waals surface area contributed by atoms with Crippen molar-refractivity contribution < 1.29 is 5.41 Å². The minimum absolute atomic E-state index is 0.956. The number of hydrogen-bond donors (Lipinski definition) is 1. The van der Waals surface area contributed by atoms with Crippen molar-refractivity contribution in [3.05, 3.63) is 35.9 Å². The third-order valence-corrected chi connectivity index (χ3v) is 2.75. The molecule has 1 rings (SSSR count). The van der Waals surface area contributed by atoms with Crippen molar-refractivity contribution in [1.82, 2.24) is 0 Å². The minimum Gasteiger partial charge on any atom is -0.252 e. The van der Waals surface area contributed by atoms with Crippen LogP contribution >= 0.6 is 11.8 Å². The zero-order chi connectivity index (χ0) is 8.81. The van der Waals surface area contributed by atoms with E-state index in [1.807, 2.05) is 6.07 Å². The Labute approximate surface area is 77.7 Å². The van der Waals surface area contributed by atoms with Gasteiger partial charge >= 0.3 is 0 Å². The SMILES string of the molecule is CCC(=[NH2+])SCc1ccccc1. The van der Waals surface area contributed by atoms with Crippen molar-refractivity contribution in [2.24, 2.45) is 0 Å². The number of benzene rings is 1. The maximum Gasteiger partial charge on any atom is 0.207 e. The van der Waals surface area contributed by atoms with Crippen molar-refractivity contribution in [2.45, 2.75) is 19.1 Å². The number of hydrogen-bond acceptors (Lipinski definition) is 1. The summed E-state index contributed by atoms with van der Waals surface area (Å²) in [4.78, 5) is 0. The van der Waals surface area contributed by atoms with Gasteiger partial charge in [0, 0.05) is 12.2 Å². The Kier molecular flexibility index (Phi) is 3.88. The van der Waals surface area contributed by atoms with E-state index in [9.17, 15) is 0 Å². The molecular formula is C10H14NS+. The third kappa shape index (κ3) is 3.09. The van der Waals surface area contributed by atoms with E-state index in [-0.39, 0.29) is 0 Å². The molecule has 0 fully saturated rings. The summed E-state index contributed by atoms with van der Waals surface area (Å²) >= 11 is 1.72. The fraction of sp³-hybridized carbons (Fsp3) is 0.300. The molecule has 0 heterocycles. The van der Waals surface area contributed by atoms with Crippen molar-refractivity contribution >= 4 is 16.8 Å². The summed E-state index contributed by atoms with van der Waals surface area (Å²) < 4.78 is 0. The van der Waals surface area contributed by atoms with Gasteiger partial charge < -0.3 is 0 Å². The lowest BCUT2D eigenvalue weighted by Gasteiger charge is -1.96. The quantitative estimate of drug-likeness (QED) is 0.553. The van der Waals surface area contributed by atoms with Crippen LogP contribution in [0.4, 0.5) is 0 Å². The van der Waals surface area contributed by atoms with Crippen LogP contribution in [-0.2, 0) is 5.75 Å². The molecular weight excluding hydrogens is 166 g/mol. The number of nitrogens with two attached hydrogens (primary N) is 1. The van der Waals surface area contributed by atoms with Gasteiger partial charge in [0.25, 0.3) is 0 Å². The largest absolute Gasteiger partial charge is 0.252 e. The van der Waals surface area contributed by atoms with E-state index in [2.05, 4.69) is 31.2 Å². The molecule has 0 aromatic heterocycles. The van der Waals surface area contributed by atoms with Crippen LogP contribution in [0.1, 0.15) is 18.9 Å². The first-order valence-corrected chi connectivity index (χ1v) is 5.09. The van der Waals surface area contributed by atoms with E-state index < -0.39 is 0 Å². The van der Waals surface area contributed by atoms with Crippen molar-refractivity contribution in [3.8, 4) is 0 Å². The Morgan fingerprint density at radius 1 is 1.33 bits per heavy atom. The van der Waals surface area contributed by atoms with Crippen LogP contribution < -0.4 is 5.41 Å². The molecule has 0 saturated heterocycles. The molecule has 2 N–H and O–H groups in total. The molecule has 0 bridgehead atoms. The highest BCUT2D eigenvalue weighted by Gasteiger charge is 1.99. The molecule has 2 heteroatoms. The molecule has 1 aromatic rings. The Balaban J connectivity index is 2.38. The van der Waals surface area contributed by atoms with Gasteiger partial charge in [0.1, 0.15) is 0 Å². The highest BCUT2D eigenvalue weighted by atomic mass is 32.2. The van der Waals surface area contributed by atoms with Crippen LogP contribution in [0.15, 0.2) is 30.3 Å². The molecule has 0 aliphatic rings. The molecule has 0 unspecified atom stereocenters. The zero-order valence-corrected chi connectivity index (χ0v) is 8.10. The van der Waals surface area contributed by atoms with Crippen molar-refractivity contribution in [3.63, 3.8) is 0 Å². The monoisotopic (exact) mass is 180 g/mol. The average Bonchev–Trinajstić information content (AvgIpc) is 2.16. The predicted octanol–water partition coefficient (Wildman–Crippen LogP) is 1.49. The van der Waals surface area contributed by atoms with E-state index in [0.717, 1.165) is 17.2 Å². The maximum absolute atomic E-state index is 5.70. The molecule has 0 atom stereocenters. The molecule has 0 saturated carbocycles. The standard InChI is InChI=1S/C10H13NS/c1-2-10(11)12-8-9-6-4-3-5-7-9/h3-7,11H,2,8H2,1H3/p+1. The minimum atomic E-state index is 0.956. The second-order valence-electron chi connectivity index (χ2n) is 2.59. The van der Waals surface area contributed by atoms with Gasteiger partial charge in [-0.15, -0.1) is 0 Å². The molecule has 0 radical (unpaired) electrons. The summed E-state index contributed by atoms with van der Waals surface area (Å²) in [6.07, 6.45) is 0.956. The fourth-order valence-electron chi connectivity index (χ4n) is 0.852. The van der Waals surface area contributed by atoms with E-state index in [1.165, 1.54) is 5.56 Å². The summed E-state index contributed by atoms with van der Waals surface area (Å²) in [6, 6.07) is 10.4. The lowest BCUT2D eigenvalue weighted by Crippen LogP contribution is -2.36. The second-order valence-corrected chi connectivity index (χ2v) is 3.70. The van der Waals surface area contributed by atoms with E-state index >= 15 is 0 Å². The van der Waals surface area contributed by atoms with Crippen LogP contribution in [-0.4, -0.2) is 5.04 Å². The Bertz CT molecular complexity index is 243. The van der Waals surface area contributed by atoms with Gasteiger partial charge in [-0.05, 0) is 5.56 Å². The van der Waals surface area contributed by atoms with Crippen LogP contribution in [0.25, 0.3) is 0 Å². The van der Waals surface area contributed by atoms with Gasteiger partial charge in [0.05, 0.1) is 0 Å². The molecule has 0 spiro atoms. The van der Waals surface area contributed by atoms with Crippen LogP contribution in [0, 0.1) is 0 Å². The first-order valence-electron chi connectivity index (χ1n) is 4.11. The fourth-order valence-corrected chi connectivity index (χ4v) is 1.60. The molecule has 1 aromatic carbocycles. The van der Waals surface area contributed by atoms with Crippen molar-refractivity contribution in [2.75, 3.05) is 0 Å². The van der Waals surface area contributed by atoms with Gasteiger partial charge in [-0.2, -0.15) is 0 Å². The van der Waals surface area contributed by atoms with Crippen LogP contribution in [0.3, 0.4) is 0 Å². The van der Waals surface area contributed by atoms with Gasteiger partial charge in [0.2, 0.25) is 5.04 Å². The molecule has 0 aliphatic carbocycles. The average molecular weight is 180 g/mol. The Morgan fingerprint density at radius 3 is 2.58 bits per heavy atom. The highest BCUT2D eigenvalue weighted by Crippen LogP contribution is 2.12. The molecule has 64 valence electrons. The second kappa shape index (κ2) is 4.99. The summed E-state index contributed by atoms with van der Waals surface area (Å²) in [5.41, 5.74) is 1.33. The summed E-state index contributed by atoms with van der Waals surface area (Å²) in [5.74, 6) is 0.987. The Hall–Kier alpha value is -0.760. The number of thioether (sulfide) groups is 1. The summed E-state index contributed by atoms with van der Waals surface area (Å²) in [7, 11) is 0. The molecule has 0 amide bonds. The first kappa shape index (κ1) is 9.33. The topological polar surface area (TPSA) is 25.6 Å². The maximum atomic E-state index is 5.70. The Morgan fingerprint density at radius 2 is 2.00 bits per heavy atom.